The van der Waals surface area contributed by atoms with Gasteiger partial charge in [-0.25, -0.2) is 9.18 Å². The molecule has 0 unspecified atom stereocenters. The predicted octanol–water partition coefficient (Wildman–Crippen LogP) is 2.12. The molecular weight excluding hydrogens is 293 g/mol. The van der Waals surface area contributed by atoms with Crippen LogP contribution < -0.4 is 10.5 Å². The average Bonchev–Trinajstić information content (AvgIpc) is 2.41. The van der Waals surface area contributed by atoms with Gasteiger partial charge in [-0.3, -0.25) is 4.79 Å². The van der Waals surface area contributed by atoms with E-state index >= 15 is 0 Å². The maximum Gasteiger partial charge on any atom is 0.409 e. The first kappa shape index (κ1) is 15.3. The molecule has 114 valence electrons. The highest BCUT2D eigenvalue weighted by Gasteiger charge is 2.15. The van der Waals surface area contributed by atoms with E-state index in [2.05, 4.69) is 4.74 Å². The van der Waals surface area contributed by atoms with Crippen molar-refractivity contribution in [2.75, 3.05) is 0 Å². The SMILES string of the molecule is NC(=O)Oc1ccc(CC(=O)c2ccc(O)cc2O)c(F)c1. The van der Waals surface area contributed by atoms with Crippen molar-refractivity contribution in [1.82, 2.24) is 0 Å². The van der Waals surface area contributed by atoms with Gasteiger partial charge >= 0.3 is 6.09 Å². The Balaban J connectivity index is 2.19. The molecule has 0 spiro atoms. The van der Waals surface area contributed by atoms with Crippen LogP contribution in [0.5, 0.6) is 17.2 Å². The minimum absolute atomic E-state index is 0.0327. The summed E-state index contributed by atoms with van der Waals surface area (Å²) < 4.78 is 18.4. The molecule has 0 aliphatic rings. The number of hydrogen-bond acceptors (Lipinski definition) is 5. The summed E-state index contributed by atoms with van der Waals surface area (Å²) >= 11 is 0. The fourth-order valence-corrected chi connectivity index (χ4v) is 1.88. The number of nitrogens with two attached hydrogens (primary N) is 1. The summed E-state index contributed by atoms with van der Waals surface area (Å²) in [4.78, 5) is 22.6. The highest BCUT2D eigenvalue weighted by Crippen LogP contribution is 2.25. The van der Waals surface area contributed by atoms with Crippen molar-refractivity contribution in [3.8, 4) is 17.2 Å². The van der Waals surface area contributed by atoms with E-state index in [9.17, 15) is 24.2 Å². The predicted molar refractivity (Wildman–Crippen MR) is 74.4 cm³/mol. The Morgan fingerprint density at radius 2 is 1.86 bits per heavy atom. The fourth-order valence-electron chi connectivity index (χ4n) is 1.88. The molecule has 0 bridgehead atoms. The first-order valence-electron chi connectivity index (χ1n) is 6.17. The molecule has 2 aromatic rings. The number of carbonyl (C=O) groups is 2. The van der Waals surface area contributed by atoms with E-state index in [1.807, 2.05) is 0 Å². The average molecular weight is 305 g/mol. The monoisotopic (exact) mass is 305 g/mol. The van der Waals surface area contributed by atoms with Crippen LogP contribution in [0.3, 0.4) is 0 Å². The van der Waals surface area contributed by atoms with Gasteiger partial charge < -0.3 is 20.7 Å². The number of halogens is 1. The number of benzene rings is 2. The Morgan fingerprint density at radius 3 is 2.45 bits per heavy atom. The molecule has 0 aromatic heterocycles. The molecular formula is C15H12FNO5. The van der Waals surface area contributed by atoms with Gasteiger partial charge in [-0.1, -0.05) is 6.07 Å². The van der Waals surface area contributed by atoms with Gasteiger partial charge in [0.15, 0.2) is 5.78 Å². The third kappa shape index (κ3) is 3.51. The van der Waals surface area contributed by atoms with Gasteiger partial charge in [0.05, 0.1) is 5.56 Å². The van der Waals surface area contributed by atoms with Gasteiger partial charge in [-0.15, -0.1) is 0 Å². The molecule has 0 radical (unpaired) electrons. The molecule has 7 heteroatoms. The summed E-state index contributed by atoms with van der Waals surface area (Å²) in [5, 5.41) is 18.8. The van der Waals surface area contributed by atoms with E-state index in [4.69, 9.17) is 5.73 Å². The first-order chi connectivity index (χ1) is 10.4. The summed E-state index contributed by atoms with van der Waals surface area (Å²) in [6.07, 6.45) is -1.38. The van der Waals surface area contributed by atoms with Crippen molar-refractivity contribution in [2.24, 2.45) is 5.73 Å². The van der Waals surface area contributed by atoms with Crippen LogP contribution in [0.25, 0.3) is 0 Å². The molecule has 0 fully saturated rings. The Hall–Kier alpha value is -3.09. The lowest BCUT2D eigenvalue weighted by Crippen LogP contribution is -2.16. The van der Waals surface area contributed by atoms with Crippen LogP contribution in [0.15, 0.2) is 36.4 Å². The molecule has 2 aromatic carbocycles. The van der Waals surface area contributed by atoms with Crippen LogP contribution in [-0.2, 0) is 6.42 Å². The smallest absolute Gasteiger partial charge is 0.409 e. The van der Waals surface area contributed by atoms with Crippen molar-refractivity contribution < 1.29 is 28.9 Å². The van der Waals surface area contributed by atoms with Gasteiger partial charge in [0.1, 0.15) is 23.1 Å². The van der Waals surface area contributed by atoms with E-state index in [0.29, 0.717) is 0 Å². The number of primary amides is 1. The van der Waals surface area contributed by atoms with Crippen LogP contribution in [0.4, 0.5) is 9.18 Å². The highest BCUT2D eigenvalue weighted by atomic mass is 19.1. The van der Waals surface area contributed by atoms with Gasteiger partial charge in [0, 0.05) is 18.6 Å². The maximum absolute atomic E-state index is 13.9. The minimum Gasteiger partial charge on any atom is -0.508 e. The van der Waals surface area contributed by atoms with Gasteiger partial charge in [-0.05, 0) is 23.8 Å². The Bertz CT molecular complexity index is 745. The molecule has 6 nitrogen and oxygen atoms in total. The topological polar surface area (TPSA) is 110 Å². The Kier molecular flexibility index (Phi) is 4.26. The Morgan fingerprint density at radius 1 is 1.14 bits per heavy atom. The third-order valence-corrected chi connectivity index (χ3v) is 2.88. The summed E-state index contributed by atoms with van der Waals surface area (Å²) in [6, 6.07) is 7.02. The number of ketones is 1. The number of ether oxygens (including phenoxy) is 1. The second-order valence-corrected chi connectivity index (χ2v) is 4.48. The zero-order valence-electron chi connectivity index (χ0n) is 11.2. The van der Waals surface area contributed by atoms with Crippen LogP contribution >= 0.6 is 0 Å². The van der Waals surface area contributed by atoms with E-state index < -0.39 is 17.7 Å². The van der Waals surface area contributed by atoms with E-state index in [1.54, 1.807) is 0 Å². The lowest BCUT2D eigenvalue weighted by atomic mass is 10.0. The second kappa shape index (κ2) is 6.13. The minimum atomic E-state index is -1.07. The third-order valence-electron chi connectivity index (χ3n) is 2.88. The van der Waals surface area contributed by atoms with Crippen LogP contribution in [0.1, 0.15) is 15.9 Å². The summed E-state index contributed by atoms with van der Waals surface area (Å²) in [6.45, 7) is 0. The van der Waals surface area contributed by atoms with E-state index in [-0.39, 0.29) is 34.8 Å². The molecule has 0 aliphatic heterocycles. The quantitative estimate of drug-likeness (QED) is 0.749. The zero-order valence-corrected chi connectivity index (χ0v) is 11.2. The normalized spacial score (nSPS) is 10.2. The van der Waals surface area contributed by atoms with Crippen LogP contribution in [0, 0.1) is 5.82 Å². The lowest BCUT2D eigenvalue weighted by Gasteiger charge is -2.07. The van der Waals surface area contributed by atoms with Crippen molar-refractivity contribution in [2.45, 2.75) is 6.42 Å². The molecule has 22 heavy (non-hydrogen) atoms. The number of aromatic hydroxyl groups is 2. The molecule has 4 N–H and O–H groups in total. The molecule has 0 aliphatic carbocycles. The van der Waals surface area contributed by atoms with Gasteiger partial charge in [0.25, 0.3) is 0 Å². The standard InChI is InChI=1S/C15H12FNO5/c16-12-7-10(22-15(17)21)3-1-8(12)5-13(19)11-4-2-9(18)6-14(11)20/h1-4,6-7,18,20H,5H2,(H2,17,21). The van der Waals surface area contributed by atoms with Crippen LogP contribution in [-0.4, -0.2) is 22.1 Å². The lowest BCUT2D eigenvalue weighted by molar-refractivity contribution is 0.0989. The van der Waals surface area contributed by atoms with Crippen molar-refractivity contribution >= 4 is 11.9 Å². The second-order valence-electron chi connectivity index (χ2n) is 4.48. The van der Waals surface area contributed by atoms with Crippen molar-refractivity contribution in [1.29, 1.82) is 0 Å². The first-order valence-corrected chi connectivity index (χ1v) is 6.17. The van der Waals surface area contributed by atoms with E-state index in [1.165, 1.54) is 24.3 Å². The molecule has 1 amide bonds. The number of hydrogen-bond donors (Lipinski definition) is 3. The zero-order chi connectivity index (χ0) is 16.3. The maximum atomic E-state index is 13.9. The molecule has 2 rings (SSSR count). The number of carbonyl (C=O) groups excluding carboxylic acids is 2. The van der Waals surface area contributed by atoms with E-state index in [0.717, 1.165) is 12.1 Å². The van der Waals surface area contributed by atoms with Crippen molar-refractivity contribution in [3.05, 3.63) is 53.3 Å². The number of rotatable bonds is 4. The number of phenols is 2. The van der Waals surface area contributed by atoms with Crippen LogP contribution in [0.2, 0.25) is 0 Å². The number of phenolic OH excluding ortho intramolecular Hbond substituents is 2. The van der Waals surface area contributed by atoms with Gasteiger partial charge in [0.2, 0.25) is 0 Å². The summed E-state index contributed by atoms with van der Waals surface area (Å²) in [5.74, 6) is -1.92. The largest absolute Gasteiger partial charge is 0.508 e. The van der Waals surface area contributed by atoms with Gasteiger partial charge in [-0.2, -0.15) is 0 Å². The number of Topliss-reactive ketones (excluding diaryl/α,β-unsaturated/α-hetero) is 1. The molecule has 0 heterocycles. The fraction of sp³-hybridized carbons (Fsp3) is 0.0667. The molecule has 0 saturated carbocycles. The Labute approximate surface area is 124 Å². The summed E-state index contributed by atoms with van der Waals surface area (Å²) in [7, 11) is 0. The molecule has 0 atom stereocenters. The molecule has 0 saturated heterocycles. The summed E-state index contributed by atoms with van der Waals surface area (Å²) in [5.41, 5.74) is 4.84. The van der Waals surface area contributed by atoms with Crippen molar-refractivity contribution in [3.63, 3.8) is 0 Å². The number of amides is 1. The highest BCUT2D eigenvalue weighted by molar-refractivity contribution is 6.00.